The monoisotopic (exact) mass is 634 g/mol. The molecule has 0 aliphatic carbocycles. The predicted octanol–water partition coefficient (Wildman–Crippen LogP) is 5.90. The lowest BCUT2D eigenvalue weighted by molar-refractivity contribution is -0.134. The van der Waals surface area contributed by atoms with E-state index in [0.29, 0.717) is 58.5 Å². The molecule has 3 heterocycles. The molecule has 1 unspecified atom stereocenters. The summed E-state index contributed by atoms with van der Waals surface area (Å²) in [6.45, 7) is 10.1. The summed E-state index contributed by atoms with van der Waals surface area (Å²) in [4.78, 5) is 33.5. The van der Waals surface area contributed by atoms with E-state index < -0.39 is 6.04 Å². The fraction of sp³-hybridized carbons (Fsp3) is 0.455. The second kappa shape index (κ2) is 15.2. The number of ether oxygens (including phenoxy) is 3. The van der Waals surface area contributed by atoms with Crippen molar-refractivity contribution in [1.29, 1.82) is 0 Å². The molecule has 2 aromatic carbocycles. The maximum atomic E-state index is 14.1. The lowest BCUT2D eigenvalue weighted by atomic mass is 9.94. The van der Waals surface area contributed by atoms with Gasteiger partial charge in [0, 0.05) is 24.5 Å². The number of fused-ring (bicyclic) bond motifs is 1. The number of aromatic nitrogens is 3. The summed E-state index contributed by atoms with van der Waals surface area (Å²) in [6.07, 6.45) is 4.17. The molecule has 12 heteroatoms. The van der Waals surface area contributed by atoms with Gasteiger partial charge in [0.05, 0.1) is 24.5 Å². The number of para-hydroxylation sites is 2. The number of thioether (sulfide) groups is 1. The number of nitrogens with zero attached hydrogens (tertiary/aromatic N) is 4. The number of hydrogen-bond donors (Lipinski definition) is 2. The summed E-state index contributed by atoms with van der Waals surface area (Å²) in [5.74, 6) is 2.63. The standard InChI is InChI=1S/C33H42N6O5S/c1-5-19-45-33-36-32-34-22(4)29(31(41)35-24-13-9-10-14-25(24)42-6-2)30(39(32)37-33)23-15-16-26(27(20-23)43-7-3)44-21-28(40)38-17-11-8-12-18-38/h9-10,13-16,20,30H,5-8,11-12,17-19,21H2,1-4H3,(H,35,41)(H,34,36,37). The van der Waals surface area contributed by atoms with Crippen LogP contribution in [0.25, 0.3) is 0 Å². The topological polar surface area (TPSA) is 120 Å². The van der Waals surface area contributed by atoms with E-state index in [1.54, 1.807) is 22.5 Å². The molecule has 0 bridgehead atoms. The first-order chi connectivity index (χ1) is 21.9. The molecule has 2 aliphatic rings. The molecule has 1 saturated heterocycles. The van der Waals surface area contributed by atoms with E-state index in [-0.39, 0.29) is 18.4 Å². The van der Waals surface area contributed by atoms with Crippen LogP contribution in [-0.2, 0) is 9.59 Å². The molecule has 1 aromatic heterocycles. The Bertz CT molecular complexity index is 1530. The molecular weight excluding hydrogens is 592 g/mol. The lowest BCUT2D eigenvalue weighted by Crippen LogP contribution is -2.38. The van der Waals surface area contributed by atoms with Crippen LogP contribution >= 0.6 is 11.8 Å². The van der Waals surface area contributed by atoms with Gasteiger partial charge in [-0.15, -0.1) is 5.10 Å². The maximum Gasteiger partial charge on any atom is 0.260 e. The van der Waals surface area contributed by atoms with Crippen LogP contribution in [0.4, 0.5) is 11.6 Å². The number of likely N-dealkylation sites (tertiary alicyclic amines) is 1. The van der Waals surface area contributed by atoms with Gasteiger partial charge >= 0.3 is 0 Å². The molecule has 1 fully saturated rings. The number of allylic oxidation sites excluding steroid dienone is 1. The number of piperidine rings is 1. The Morgan fingerprint density at radius 2 is 1.73 bits per heavy atom. The van der Waals surface area contributed by atoms with E-state index >= 15 is 0 Å². The Balaban J connectivity index is 1.49. The number of carbonyl (C=O) groups is 2. The molecule has 2 N–H and O–H groups in total. The first kappa shape index (κ1) is 32.2. The lowest BCUT2D eigenvalue weighted by Gasteiger charge is -2.29. The fourth-order valence-electron chi connectivity index (χ4n) is 5.49. The van der Waals surface area contributed by atoms with Gasteiger partial charge in [-0.05, 0) is 76.3 Å². The Labute approximate surface area is 268 Å². The van der Waals surface area contributed by atoms with Crippen LogP contribution in [0.2, 0.25) is 0 Å². The van der Waals surface area contributed by atoms with Crippen LogP contribution in [0.15, 0.2) is 58.9 Å². The number of rotatable bonds is 13. The summed E-state index contributed by atoms with van der Waals surface area (Å²) in [5.41, 5.74) is 2.46. The van der Waals surface area contributed by atoms with Crippen LogP contribution in [-0.4, -0.2) is 70.1 Å². The van der Waals surface area contributed by atoms with Crippen LogP contribution in [0, 0.1) is 0 Å². The minimum absolute atomic E-state index is 0.0335. The summed E-state index contributed by atoms with van der Waals surface area (Å²) in [5, 5.41) is 11.8. The number of amides is 2. The van der Waals surface area contributed by atoms with Crippen LogP contribution in [0.5, 0.6) is 17.2 Å². The van der Waals surface area contributed by atoms with Crippen molar-refractivity contribution < 1.29 is 23.8 Å². The van der Waals surface area contributed by atoms with E-state index in [1.165, 1.54) is 0 Å². The third-order valence-corrected chi connectivity index (χ3v) is 8.63. The average Bonchev–Trinajstić information content (AvgIpc) is 3.46. The van der Waals surface area contributed by atoms with Crippen LogP contribution in [0.3, 0.4) is 0 Å². The van der Waals surface area contributed by atoms with E-state index in [2.05, 4.69) is 17.6 Å². The number of benzene rings is 2. The van der Waals surface area contributed by atoms with Crippen molar-refractivity contribution in [3.8, 4) is 17.2 Å². The van der Waals surface area contributed by atoms with Gasteiger partial charge in [-0.25, -0.2) is 4.68 Å². The van der Waals surface area contributed by atoms with Crippen molar-refractivity contribution in [1.82, 2.24) is 19.7 Å². The van der Waals surface area contributed by atoms with E-state index in [4.69, 9.17) is 24.3 Å². The smallest absolute Gasteiger partial charge is 0.260 e. The highest BCUT2D eigenvalue weighted by atomic mass is 32.2. The van der Waals surface area contributed by atoms with Crippen molar-refractivity contribution >= 4 is 35.2 Å². The Hall–Kier alpha value is -4.19. The van der Waals surface area contributed by atoms with E-state index in [9.17, 15) is 9.59 Å². The first-order valence-electron chi connectivity index (χ1n) is 15.7. The highest BCUT2D eigenvalue weighted by Crippen LogP contribution is 2.40. The average molecular weight is 635 g/mol. The van der Waals surface area contributed by atoms with Crippen molar-refractivity contribution in [2.24, 2.45) is 0 Å². The van der Waals surface area contributed by atoms with E-state index in [1.807, 2.05) is 62.1 Å². The Kier molecular flexibility index (Phi) is 10.9. The zero-order chi connectivity index (χ0) is 31.8. The molecule has 240 valence electrons. The number of nitrogens with one attached hydrogen (secondary N) is 2. The zero-order valence-electron chi connectivity index (χ0n) is 26.4. The summed E-state index contributed by atoms with van der Waals surface area (Å²) >= 11 is 1.57. The van der Waals surface area contributed by atoms with Gasteiger partial charge in [-0.1, -0.05) is 36.9 Å². The molecule has 0 saturated carbocycles. The van der Waals surface area contributed by atoms with Gasteiger partial charge < -0.3 is 29.7 Å². The van der Waals surface area contributed by atoms with Gasteiger partial charge in [-0.3, -0.25) is 9.59 Å². The SMILES string of the molecule is CCCSc1nc2n(n1)C(c1ccc(OCC(=O)N3CCCCC3)c(OCC)c1)C(C(=O)Nc1ccccc1OCC)=C(C)N2. The molecule has 0 radical (unpaired) electrons. The van der Waals surface area contributed by atoms with Gasteiger partial charge in [0.15, 0.2) is 18.1 Å². The molecule has 2 aliphatic heterocycles. The molecular formula is C33H42N6O5S. The summed E-state index contributed by atoms with van der Waals surface area (Å²) < 4.78 is 19.5. The van der Waals surface area contributed by atoms with Crippen molar-refractivity contribution in [2.75, 3.05) is 49.3 Å². The largest absolute Gasteiger partial charge is 0.492 e. The third-order valence-electron chi connectivity index (χ3n) is 7.59. The normalized spacial score (nSPS) is 16.1. The number of hydrogen-bond acceptors (Lipinski definition) is 9. The third kappa shape index (κ3) is 7.55. The van der Waals surface area contributed by atoms with Crippen molar-refractivity contribution in [3.63, 3.8) is 0 Å². The first-order valence-corrected chi connectivity index (χ1v) is 16.7. The highest BCUT2D eigenvalue weighted by molar-refractivity contribution is 7.99. The minimum atomic E-state index is -0.618. The predicted molar refractivity (Wildman–Crippen MR) is 175 cm³/mol. The van der Waals surface area contributed by atoms with Crippen molar-refractivity contribution in [2.45, 2.75) is 64.6 Å². The summed E-state index contributed by atoms with van der Waals surface area (Å²) in [7, 11) is 0. The quantitative estimate of drug-likeness (QED) is 0.222. The molecule has 2 amide bonds. The van der Waals surface area contributed by atoms with E-state index in [0.717, 1.165) is 50.1 Å². The van der Waals surface area contributed by atoms with Crippen LogP contribution < -0.4 is 24.8 Å². The molecule has 0 spiro atoms. The van der Waals surface area contributed by atoms with Gasteiger partial charge in [-0.2, -0.15) is 4.98 Å². The maximum absolute atomic E-state index is 14.1. The molecule has 3 aromatic rings. The highest BCUT2D eigenvalue weighted by Gasteiger charge is 2.35. The minimum Gasteiger partial charge on any atom is -0.492 e. The van der Waals surface area contributed by atoms with Crippen LogP contribution in [0.1, 0.15) is 65.0 Å². The zero-order valence-corrected chi connectivity index (χ0v) is 27.2. The fourth-order valence-corrected chi connectivity index (χ4v) is 6.17. The summed E-state index contributed by atoms with van der Waals surface area (Å²) in [6, 6.07) is 12.3. The number of anilines is 2. The Morgan fingerprint density at radius 3 is 2.49 bits per heavy atom. The molecule has 5 rings (SSSR count). The number of carbonyl (C=O) groups excluding carboxylic acids is 2. The van der Waals surface area contributed by atoms with Gasteiger partial charge in [0.2, 0.25) is 11.1 Å². The van der Waals surface area contributed by atoms with Gasteiger partial charge in [0.25, 0.3) is 11.8 Å². The second-order valence-electron chi connectivity index (χ2n) is 10.8. The second-order valence-corrected chi connectivity index (χ2v) is 11.9. The van der Waals surface area contributed by atoms with Crippen molar-refractivity contribution in [3.05, 3.63) is 59.3 Å². The Morgan fingerprint density at radius 1 is 0.978 bits per heavy atom. The van der Waals surface area contributed by atoms with Gasteiger partial charge in [0.1, 0.15) is 11.8 Å². The molecule has 11 nitrogen and oxygen atoms in total. The molecule has 1 atom stereocenters. The molecule has 45 heavy (non-hydrogen) atoms.